The Bertz CT molecular complexity index is 187. The van der Waals surface area contributed by atoms with Gasteiger partial charge in [0.05, 0.1) is 52.0 Å². The molecule has 9 heteroatoms. The summed E-state index contributed by atoms with van der Waals surface area (Å²) in [4.78, 5) is 3.03. The highest BCUT2D eigenvalue weighted by Crippen LogP contribution is 2.03. The molecule has 124 valence electrons. The van der Waals surface area contributed by atoms with Crippen LogP contribution in [0.5, 0.6) is 0 Å². The summed E-state index contributed by atoms with van der Waals surface area (Å²) in [6.45, 7) is -0.742. The molecule has 8 nitrogen and oxygen atoms in total. The molecule has 0 amide bonds. The van der Waals surface area contributed by atoms with Crippen molar-refractivity contribution in [1.82, 2.24) is 9.80 Å². The monoisotopic (exact) mass is 318 g/mol. The van der Waals surface area contributed by atoms with Gasteiger partial charge in [0.1, 0.15) is 0 Å². The second-order valence-corrected chi connectivity index (χ2v) is 4.30. The van der Waals surface area contributed by atoms with Crippen LogP contribution in [0.4, 0.5) is 0 Å². The predicted octanol–water partition coefficient (Wildman–Crippen LogP) is -2.99. The van der Waals surface area contributed by atoms with Gasteiger partial charge in [-0.2, -0.15) is 0 Å². The molecule has 6 N–H and O–H groups in total. The van der Waals surface area contributed by atoms with Gasteiger partial charge in [-0.15, -0.1) is 12.4 Å². The van der Waals surface area contributed by atoms with Crippen LogP contribution in [0.25, 0.3) is 0 Å². The van der Waals surface area contributed by atoms with Crippen molar-refractivity contribution in [2.75, 3.05) is 53.0 Å². The van der Waals surface area contributed by atoms with Crippen molar-refractivity contribution in [1.29, 1.82) is 0 Å². The Morgan fingerprint density at radius 2 is 0.900 bits per heavy atom. The lowest BCUT2D eigenvalue weighted by molar-refractivity contribution is -0.00455. The fourth-order valence-electron chi connectivity index (χ4n) is 1.79. The second-order valence-electron chi connectivity index (χ2n) is 4.30. The maximum atomic E-state index is 9.14. The number of halogens is 1. The van der Waals surface area contributed by atoms with Crippen molar-refractivity contribution in [2.24, 2.45) is 0 Å². The first kappa shape index (κ1) is 22.3. The number of aliphatic hydroxyl groups is 6. The molecule has 0 bridgehead atoms. The summed E-state index contributed by atoms with van der Waals surface area (Å²) in [5, 5.41) is 54.4. The Morgan fingerprint density at radius 3 is 1.10 bits per heavy atom. The lowest BCUT2D eigenvalue weighted by Gasteiger charge is -2.30. The van der Waals surface area contributed by atoms with E-state index in [1.54, 1.807) is 0 Å². The molecule has 0 fully saturated rings. The van der Waals surface area contributed by atoms with Crippen molar-refractivity contribution in [2.45, 2.75) is 18.5 Å². The first-order valence-electron chi connectivity index (χ1n) is 6.31. The van der Waals surface area contributed by atoms with Crippen LogP contribution < -0.4 is 0 Å². The topological polar surface area (TPSA) is 128 Å². The third kappa shape index (κ3) is 7.67. The fraction of sp³-hybridized carbons (Fsp3) is 1.00. The smallest absolute Gasteiger partial charge is 0.0960 e. The predicted molar refractivity (Wildman–Crippen MR) is 75.4 cm³/mol. The van der Waals surface area contributed by atoms with E-state index in [9.17, 15) is 0 Å². The summed E-state index contributed by atoms with van der Waals surface area (Å²) >= 11 is 0. The van der Waals surface area contributed by atoms with E-state index < -0.39 is 12.1 Å². The van der Waals surface area contributed by atoms with Gasteiger partial charge >= 0.3 is 0 Å². The van der Waals surface area contributed by atoms with Gasteiger partial charge in [0.2, 0.25) is 0 Å². The SMILES string of the molecule is Cl.OCC(CO)N(CO)CCCN(CO)C(CO)CO. The van der Waals surface area contributed by atoms with Gasteiger partial charge in [-0.05, 0) is 6.42 Å². The maximum Gasteiger partial charge on any atom is 0.0960 e. The summed E-state index contributed by atoms with van der Waals surface area (Å²) in [6.07, 6.45) is 0.550. The molecular weight excluding hydrogens is 292 g/mol. The molecule has 0 aromatic heterocycles. The van der Waals surface area contributed by atoms with Crippen LogP contribution in [0.3, 0.4) is 0 Å². The molecule has 0 aliphatic carbocycles. The van der Waals surface area contributed by atoms with Crippen LogP contribution >= 0.6 is 12.4 Å². The molecule has 0 unspecified atom stereocenters. The Labute approximate surface area is 125 Å². The highest BCUT2D eigenvalue weighted by molar-refractivity contribution is 5.85. The van der Waals surface area contributed by atoms with E-state index in [1.807, 2.05) is 0 Å². The molecule has 0 heterocycles. The lowest BCUT2D eigenvalue weighted by Crippen LogP contribution is -2.45. The maximum absolute atomic E-state index is 9.14. The van der Waals surface area contributed by atoms with E-state index in [-0.39, 0.29) is 52.3 Å². The number of rotatable bonds is 12. The molecule has 0 rings (SSSR count). The number of aliphatic hydroxyl groups excluding tert-OH is 6. The van der Waals surface area contributed by atoms with Crippen molar-refractivity contribution in [3.8, 4) is 0 Å². The van der Waals surface area contributed by atoms with Crippen molar-refractivity contribution >= 4 is 12.4 Å². The summed E-state index contributed by atoms with van der Waals surface area (Å²) in [5.41, 5.74) is 0. The van der Waals surface area contributed by atoms with Crippen molar-refractivity contribution < 1.29 is 30.6 Å². The molecule has 0 aromatic carbocycles. The summed E-state index contributed by atoms with van der Waals surface area (Å²) in [5.74, 6) is 0. The molecule has 0 saturated heterocycles. The fourth-order valence-corrected chi connectivity index (χ4v) is 1.79. The molecule has 0 saturated carbocycles. The minimum absolute atomic E-state index is 0. The minimum Gasteiger partial charge on any atom is -0.395 e. The quantitative estimate of drug-likeness (QED) is 0.210. The first-order chi connectivity index (χ1) is 9.18. The molecule has 0 aliphatic rings. The normalized spacial score (nSPS) is 11.7. The van der Waals surface area contributed by atoms with Gasteiger partial charge in [-0.25, -0.2) is 0 Å². The summed E-state index contributed by atoms with van der Waals surface area (Å²) in [7, 11) is 0. The molecule has 0 atom stereocenters. The number of nitrogens with zero attached hydrogens (tertiary/aromatic N) is 2. The van der Waals surface area contributed by atoms with E-state index in [0.717, 1.165) is 0 Å². The van der Waals surface area contributed by atoms with E-state index >= 15 is 0 Å². The Morgan fingerprint density at radius 1 is 0.600 bits per heavy atom. The van der Waals surface area contributed by atoms with Gasteiger partial charge in [0.15, 0.2) is 0 Å². The third-order valence-corrected chi connectivity index (χ3v) is 3.13. The van der Waals surface area contributed by atoms with Crippen LogP contribution in [0.1, 0.15) is 6.42 Å². The average Bonchev–Trinajstić information content (AvgIpc) is 2.45. The van der Waals surface area contributed by atoms with Crippen molar-refractivity contribution in [3.63, 3.8) is 0 Å². The lowest BCUT2D eigenvalue weighted by atomic mass is 10.2. The molecule has 0 radical (unpaired) electrons. The van der Waals surface area contributed by atoms with Crippen LogP contribution in [0.15, 0.2) is 0 Å². The molecule has 0 aliphatic heterocycles. The van der Waals surface area contributed by atoms with Gasteiger partial charge in [-0.3, -0.25) is 9.80 Å². The van der Waals surface area contributed by atoms with Gasteiger partial charge in [-0.1, -0.05) is 0 Å². The molecule has 0 spiro atoms. The van der Waals surface area contributed by atoms with E-state index in [4.69, 9.17) is 30.6 Å². The second kappa shape index (κ2) is 13.9. The standard InChI is InChI=1S/C11H26N2O6.ClH/c14-4-10(5-15)12(8-18)2-1-3-13(9-19)11(6-16)7-17;/h10-11,14-19H,1-9H2;1H. The zero-order valence-corrected chi connectivity index (χ0v) is 12.3. The summed E-state index contributed by atoms with van der Waals surface area (Å²) in [6, 6.07) is -1.03. The van der Waals surface area contributed by atoms with Gasteiger partial charge < -0.3 is 30.6 Å². The van der Waals surface area contributed by atoms with E-state index in [1.165, 1.54) is 9.80 Å². The first-order valence-corrected chi connectivity index (χ1v) is 6.31. The zero-order chi connectivity index (χ0) is 14.7. The highest BCUT2D eigenvalue weighted by Gasteiger charge is 2.18. The van der Waals surface area contributed by atoms with Crippen LogP contribution in [0.2, 0.25) is 0 Å². The van der Waals surface area contributed by atoms with Gasteiger partial charge in [0.25, 0.3) is 0 Å². The van der Waals surface area contributed by atoms with Crippen molar-refractivity contribution in [3.05, 3.63) is 0 Å². The summed E-state index contributed by atoms with van der Waals surface area (Å²) < 4.78 is 0. The number of hydrogen-bond acceptors (Lipinski definition) is 8. The van der Waals surface area contributed by atoms with E-state index in [2.05, 4.69) is 0 Å². The molecule has 0 aromatic rings. The average molecular weight is 319 g/mol. The van der Waals surface area contributed by atoms with Crippen LogP contribution in [-0.2, 0) is 0 Å². The highest BCUT2D eigenvalue weighted by atomic mass is 35.5. The van der Waals surface area contributed by atoms with E-state index in [0.29, 0.717) is 19.5 Å². The molecular formula is C11H27ClN2O6. The van der Waals surface area contributed by atoms with Gasteiger partial charge in [0, 0.05) is 13.1 Å². The Kier molecular flexibility index (Phi) is 15.5. The van der Waals surface area contributed by atoms with Crippen LogP contribution in [0, 0.1) is 0 Å². The van der Waals surface area contributed by atoms with Crippen LogP contribution in [-0.4, -0.2) is 106 Å². The Balaban J connectivity index is 0. The third-order valence-electron chi connectivity index (χ3n) is 3.13. The Hall–Kier alpha value is -0.0300. The number of hydrogen-bond donors (Lipinski definition) is 6. The minimum atomic E-state index is -0.515. The molecule has 20 heavy (non-hydrogen) atoms. The zero-order valence-electron chi connectivity index (χ0n) is 11.5. The largest absolute Gasteiger partial charge is 0.395 e.